The summed E-state index contributed by atoms with van der Waals surface area (Å²) in [5, 5.41) is 3.12. The highest BCUT2D eigenvalue weighted by atomic mass is 32.2. The van der Waals surface area contributed by atoms with Gasteiger partial charge >= 0.3 is 5.63 Å². The Labute approximate surface area is 179 Å². The molecule has 1 amide bonds. The zero-order valence-electron chi connectivity index (χ0n) is 16.9. The van der Waals surface area contributed by atoms with Crippen molar-refractivity contribution in [3.8, 4) is 0 Å². The van der Waals surface area contributed by atoms with Gasteiger partial charge < -0.3 is 9.73 Å². The molecule has 0 aliphatic heterocycles. The fraction of sp³-hybridized carbons (Fsp3) is 0.0833. The fourth-order valence-corrected chi connectivity index (χ4v) is 4.41. The van der Waals surface area contributed by atoms with Crippen LogP contribution in [0.3, 0.4) is 0 Å². The monoisotopic (exact) mass is 433 g/mol. The quantitative estimate of drug-likeness (QED) is 0.479. The maximum absolute atomic E-state index is 13.0. The molecule has 6 nitrogen and oxygen atoms in total. The van der Waals surface area contributed by atoms with Gasteiger partial charge in [-0.25, -0.2) is 13.2 Å². The van der Waals surface area contributed by atoms with Crippen molar-refractivity contribution in [2.45, 2.75) is 23.6 Å². The van der Waals surface area contributed by atoms with Gasteiger partial charge in [0, 0.05) is 16.6 Å². The third-order valence-corrected chi connectivity index (χ3v) is 6.65. The van der Waals surface area contributed by atoms with Gasteiger partial charge in [-0.3, -0.25) is 4.79 Å². The lowest BCUT2D eigenvalue weighted by atomic mass is 10.1. The number of carbonyl (C=O) groups excluding carboxylic acids is 1. The van der Waals surface area contributed by atoms with E-state index >= 15 is 0 Å². The van der Waals surface area contributed by atoms with Crippen molar-refractivity contribution < 1.29 is 17.6 Å². The predicted molar refractivity (Wildman–Crippen MR) is 118 cm³/mol. The molecule has 0 spiro atoms. The van der Waals surface area contributed by atoms with Crippen molar-refractivity contribution in [3.63, 3.8) is 0 Å². The van der Waals surface area contributed by atoms with E-state index in [2.05, 4.69) is 5.32 Å². The Kier molecular flexibility index (Phi) is 5.20. The molecule has 4 aromatic rings. The van der Waals surface area contributed by atoms with Crippen LogP contribution in [-0.4, -0.2) is 14.3 Å². The van der Waals surface area contributed by atoms with E-state index < -0.39 is 20.4 Å². The van der Waals surface area contributed by atoms with Crippen LogP contribution in [-0.2, 0) is 9.84 Å². The van der Waals surface area contributed by atoms with Crippen molar-refractivity contribution in [2.75, 3.05) is 5.32 Å². The summed E-state index contributed by atoms with van der Waals surface area (Å²) in [6, 6.07) is 19.3. The maximum atomic E-state index is 13.0. The number of fused-ring (bicyclic) bond motifs is 1. The molecular formula is C24H19NO5S. The van der Waals surface area contributed by atoms with E-state index in [9.17, 15) is 18.0 Å². The molecule has 0 radical (unpaired) electrons. The molecule has 0 saturated heterocycles. The summed E-state index contributed by atoms with van der Waals surface area (Å²) in [7, 11) is -4.07. The average molecular weight is 433 g/mol. The summed E-state index contributed by atoms with van der Waals surface area (Å²) in [4.78, 5) is 24.5. The molecule has 3 aromatic carbocycles. The second-order valence-electron chi connectivity index (χ2n) is 7.29. The van der Waals surface area contributed by atoms with Gasteiger partial charge in [0.2, 0.25) is 9.84 Å². The highest BCUT2D eigenvalue weighted by Gasteiger charge is 2.23. The molecule has 1 heterocycles. The summed E-state index contributed by atoms with van der Waals surface area (Å²) < 4.78 is 31.1. The highest BCUT2D eigenvalue weighted by Crippen LogP contribution is 2.23. The summed E-state index contributed by atoms with van der Waals surface area (Å²) in [5.74, 6) is -0.361. The summed E-state index contributed by atoms with van der Waals surface area (Å²) in [5.41, 5.74) is 2.15. The van der Waals surface area contributed by atoms with Crippen LogP contribution in [0.25, 0.3) is 11.0 Å². The van der Waals surface area contributed by atoms with E-state index in [4.69, 9.17) is 4.42 Å². The lowest BCUT2D eigenvalue weighted by Crippen LogP contribution is -2.15. The van der Waals surface area contributed by atoms with Gasteiger partial charge in [-0.05, 0) is 62.4 Å². The predicted octanol–water partition coefficient (Wildman–Crippen LogP) is 4.49. The molecule has 0 aliphatic carbocycles. The smallest absolute Gasteiger partial charge is 0.355 e. The minimum absolute atomic E-state index is 0.00183. The summed E-state index contributed by atoms with van der Waals surface area (Å²) in [6.07, 6.45) is 0. The van der Waals surface area contributed by atoms with Crippen molar-refractivity contribution in [1.29, 1.82) is 0 Å². The first-order chi connectivity index (χ1) is 14.7. The van der Waals surface area contributed by atoms with Crippen LogP contribution in [0.4, 0.5) is 5.69 Å². The Hall–Kier alpha value is -3.71. The Morgan fingerprint density at radius 3 is 2.10 bits per heavy atom. The fourth-order valence-electron chi connectivity index (χ4n) is 3.12. The number of amides is 1. The molecule has 0 unspecified atom stereocenters. The zero-order chi connectivity index (χ0) is 22.2. The molecule has 4 rings (SSSR count). The minimum atomic E-state index is -4.07. The van der Waals surface area contributed by atoms with Crippen LogP contribution in [0.2, 0.25) is 0 Å². The molecule has 0 saturated carbocycles. The standard InChI is InChI=1S/C24H19NO5S/c1-15-3-8-19(9-4-15)25-23(26)17-7-12-21-18(13-17)14-22(24(27)30-21)31(28,29)20-10-5-16(2)6-11-20/h3-14H,1-2H3,(H,25,26). The first-order valence-corrected chi connectivity index (χ1v) is 11.0. The Morgan fingerprint density at radius 1 is 0.839 bits per heavy atom. The van der Waals surface area contributed by atoms with Gasteiger partial charge in [0.05, 0.1) is 4.90 Å². The topological polar surface area (TPSA) is 93.4 Å². The van der Waals surface area contributed by atoms with Gasteiger partial charge in [-0.15, -0.1) is 0 Å². The lowest BCUT2D eigenvalue weighted by Gasteiger charge is -2.08. The highest BCUT2D eigenvalue weighted by molar-refractivity contribution is 7.91. The molecule has 0 atom stereocenters. The molecule has 7 heteroatoms. The summed E-state index contributed by atoms with van der Waals surface area (Å²) in [6.45, 7) is 3.79. The second-order valence-corrected chi connectivity index (χ2v) is 9.21. The maximum Gasteiger partial charge on any atom is 0.355 e. The third-order valence-electron chi connectivity index (χ3n) is 4.89. The number of carbonyl (C=O) groups is 1. The first kappa shape index (κ1) is 20.6. The van der Waals surface area contributed by atoms with Crippen molar-refractivity contribution in [3.05, 3.63) is 99.9 Å². The largest absolute Gasteiger partial charge is 0.422 e. The second kappa shape index (κ2) is 7.85. The van der Waals surface area contributed by atoms with Crippen LogP contribution in [0.5, 0.6) is 0 Å². The number of rotatable bonds is 4. The Bertz CT molecular complexity index is 1450. The number of nitrogens with one attached hydrogen (secondary N) is 1. The Morgan fingerprint density at radius 2 is 1.45 bits per heavy atom. The van der Waals surface area contributed by atoms with E-state index in [1.807, 2.05) is 26.0 Å². The van der Waals surface area contributed by atoms with Crippen LogP contribution < -0.4 is 10.9 Å². The average Bonchev–Trinajstić information content (AvgIpc) is 2.74. The van der Waals surface area contributed by atoms with E-state index in [0.717, 1.165) is 11.1 Å². The molecule has 1 N–H and O–H groups in total. The van der Waals surface area contributed by atoms with Gasteiger partial charge in [0.25, 0.3) is 5.91 Å². The molecule has 1 aromatic heterocycles. The van der Waals surface area contributed by atoms with E-state index in [-0.39, 0.29) is 16.4 Å². The van der Waals surface area contributed by atoms with E-state index in [1.54, 1.807) is 24.3 Å². The number of sulfone groups is 1. The summed E-state index contributed by atoms with van der Waals surface area (Å²) >= 11 is 0. The van der Waals surface area contributed by atoms with Crippen molar-refractivity contribution in [1.82, 2.24) is 0 Å². The number of aryl methyl sites for hydroxylation is 2. The molecular weight excluding hydrogens is 414 g/mol. The first-order valence-electron chi connectivity index (χ1n) is 9.52. The molecule has 0 bridgehead atoms. The van der Waals surface area contributed by atoms with Gasteiger partial charge in [0.15, 0.2) is 4.90 Å². The zero-order valence-corrected chi connectivity index (χ0v) is 17.7. The van der Waals surface area contributed by atoms with E-state index in [1.165, 1.54) is 36.4 Å². The third kappa shape index (κ3) is 4.13. The van der Waals surface area contributed by atoms with Crippen LogP contribution in [0.15, 0.2) is 91.8 Å². The van der Waals surface area contributed by atoms with Gasteiger partial charge in [0.1, 0.15) is 5.58 Å². The minimum Gasteiger partial charge on any atom is -0.422 e. The Balaban J connectivity index is 1.73. The van der Waals surface area contributed by atoms with Crippen molar-refractivity contribution >= 4 is 32.4 Å². The number of hydrogen-bond donors (Lipinski definition) is 1. The van der Waals surface area contributed by atoms with Gasteiger partial charge in [-0.2, -0.15) is 0 Å². The normalized spacial score (nSPS) is 11.4. The number of anilines is 1. The van der Waals surface area contributed by atoms with Gasteiger partial charge in [-0.1, -0.05) is 35.4 Å². The molecule has 0 aliphatic rings. The molecule has 31 heavy (non-hydrogen) atoms. The van der Waals surface area contributed by atoms with Crippen molar-refractivity contribution in [2.24, 2.45) is 0 Å². The van der Waals surface area contributed by atoms with Crippen LogP contribution in [0.1, 0.15) is 21.5 Å². The van der Waals surface area contributed by atoms with Crippen LogP contribution >= 0.6 is 0 Å². The SMILES string of the molecule is Cc1ccc(NC(=O)c2ccc3oc(=O)c(S(=O)(=O)c4ccc(C)cc4)cc3c2)cc1. The van der Waals surface area contributed by atoms with E-state index in [0.29, 0.717) is 16.6 Å². The molecule has 156 valence electrons. The number of hydrogen-bond acceptors (Lipinski definition) is 5. The number of benzene rings is 3. The van der Waals surface area contributed by atoms with Crippen LogP contribution in [0, 0.1) is 13.8 Å². The molecule has 0 fully saturated rings. The lowest BCUT2D eigenvalue weighted by molar-refractivity contribution is 0.102.